The number of anilines is 3. The Morgan fingerprint density at radius 3 is 2.37 bits per heavy atom. The molecule has 0 unspecified atom stereocenters. The summed E-state index contributed by atoms with van der Waals surface area (Å²) < 4.78 is 13.3. The second-order valence-electron chi connectivity index (χ2n) is 3.70. The summed E-state index contributed by atoms with van der Waals surface area (Å²) >= 11 is 11.4. The van der Waals surface area contributed by atoms with Crippen LogP contribution in [0, 0.1) is 5.82 Å². The van der Waals surface area contributed by atoms with Crippen LogP contribution in [0.15, 0.2) is 24.5 Å². The van der Waals surface area contributed by atoms with Crippen molar-refractivity contribution in [2.45, 2.75) is 6.92 Å². The van der Waals surface area contributed by atoms with E-state index in [0.29, 0.717) is 17.3 Å². The Morgan fingerprint density at radius 1 is 1.11 bits per heavy atom. The Balaban J connectivity index is 2.23. The third kappa shape index (κ3) is 3.45. The van der Waals surface area contributed by atoms with E-state index in [1.807, 2.05) is 6.92 Å². The summed E-state index contributed by atoms with van der Waals surface area (Å²) in [6.45, 7) is 2.72. The zero-order valence-corrected chi connectivity index (χ0v) is 11.6. The number of nitrogens with zero attached hydrogens (tertiary/aromatic N) is 2. The van der Waals surface area contributed by atoms with Gasteiger partial charge in [0, 0.05) is 18.3 Å². The first-order chi connectivity index (χ1) is 9.10. The monoisotopic (exact) mass is 300 g/mol. The lowest BCUT2D eigenvalue weighted by Crippen LogP contribution is -2.01. The van der Waals surface area contributed by atoms with Crippen LogP contribution in [-0.2, 0) is 0 Å². The van der Waals surface area contributed by atoms with E-state index < -0.39 is 5.82 Å². The highest BCUT2D eigenvalue weighted by Gasteiger charge is 2.08. The van der Waals surface area contributed by atoms with Gasteiger partial charge in [-0.1, -0.05) is 23.2 Å². The Morgan fingerprint density at radius 2 is 1.74 bits per heavy atom. The third-order valence-electron chi connectivity index (χ3n) is 2.28. The summed E-state index contributed by atoms with van der Waals surface area (Å²) in [6.07, 6.45) is 1.42. The van der Waals surface area contributed by atoms with Gasteiger partial charge in [-0.25, -0.2) is 14.4 Å². The highest BCUT2D eigenvalue weighted by molar-refractivity contribution is 6.35. The van der Waals surface area contributed by atoms with Gasteiger partial charge >= 0.3 is 0 Å². The summed E-state index contributed by atoms with van der Waals surface area (Å²) in [5.74, 6) is 0.619. The number of hydrogen-bond acceptors (Lipinski definition) is 4. The average molecular weight is 301 g/mol. The van der Waals surface area contributed by atoms with E-state index in [4.69, 9.17) is 23.2 Å². The number of aromatic nitrogens is 2. The van der Waals surface area contributed by atoms with Crippen molar-refractivity contribution < 1.29 is 4.39 Å². The highest BCUT2D eigenvalue weighted by Crippen LogP contribution is 2.28. The first-order valence-corrected chi connectivity index (χ1v) is 6.33. The lowest BCUT2D eigenvalue weighted by Gasteiger charge is -2.09. The molecule has 2 rings (SSSR count). The lowest BCUT2D eigenvalue weighted by atomic mass is 10.3. The molecule has 0 fully saturated rings. The lowest BCUT2D eigenvalue weighted by molar-refractivity contribution is 0.629. The SMILES string of the molecule is CCNc1cc(Nc2cc(Cl)c(F)c(Cl)c2)ncn1. The van der Waals surface area contributed by atoms with Crippen LogP contribution in [-0.4, -0.2) is 16.5 Å². The summed E-state index contributed by atoms with van der Waals surface area (Å²) in [6, 6.07) is 4.62. The molecule has 19 heavy (non-hydrogen) atoms. The fraction of sp³-hybridized carbons (Fsp3) is 0.167. The Kier molecular flexibility index (Phi) is 4.39. The van der Waals surface area contributed by atoms with E-state index in [0.717, 1.165) is 6.54 Å². The largest absolute Gasteiger partial charge is 0.370 e. The summed E-state index contributed by atoms with van der Waals surface area (Å²) in [7, 11) is 0. The van der Waals surface area contributed by atoms with Crippen LogP contribution in [0.1, 0.15) is 6.92 Å². The fourth-order valence-electron chi connectivity index (χ4n) is 1.48. The van der Waals surface area contributed by atoms with E-state index in [1.54, 1.807) is 6.07 Å². The van der Waals surface area contributed by atoms with Gasteiger partial charge in [0.05, 0.1) is 10.0 Å². The maximum absolute atomic E-state index is 13.3. The van der Waals surface area contributed by atoms with Crippen molar-refractivity contribution in [2.75, 3.05) is 17.2 Å². The van der Waals surface area contributed by atoms with Gasteiger partial charge in [0.15, 0.2) is 5.82 Å². The molecule has 100 valence electrons. The van der Waals surface area contributed by atoms with Crippen molar-refractivity contribution in [3.8, 4) is 0 Å². The van der Waals surface area contributed by atoms with Crippen molar-refractivity contribution in [2.24, 2.45) is 0 Å². The molecule has 1 aromatic carbocycles. The quantitative estimate of drug-likeness (QED) is 0.835. The number of benzene rings is 1. The number of nitrogens with one attached hydrogen (secondary N) is 2. The minimum atomic E-state index is -0.634. The van der Waals surface area contributed by atoms with Gasteiger partial charge in [-0.15, -0.1) is 0 Å². The van der Waals surface area contributed by atoms with E-state index in [1.165, 1.54) is 18.5 Å². The van der Waals surface area contributed by atoms with Crippen LogP contribution in [0.3, 0.4) is 0 Å². The van der Waals surface area contributed by atoms with Crippen LogP contribution < -0.4 is 10.6 Å². The number of rotatable bonds is 4. The van der Waals surface area contributed by atoms with Crippen molar-refractivity contribution in [1.82, 2.24) is 9.97 Å². The predicted octanol–water partition coefficient (Wildman–Crippen LogP) is 4.10. The summed E-state index contributed by atoms with van der Waals surface area (Å²) in [5.41, 5.74) is 0.553. The van der Waals surface area contributed by atoms with Crippen molar-refractivity contribution in [3.63, 3.8) is 0 Å². The van der Waals surface area contributed by atoms with Gasteiger partial charge in [0.1, 0.15) is 18.0 Å². The summed E-state index contributed by atoms with van der Waals surface area (Å²) in [4.78, 5) is 8.10. The Labute approximate surface area is 120 Å². The molecule has 1 aromatic heterocycles. The zero-order chi connectivity index (χ0) is 13.8. The van der Waals surface area contributed by atoms with Gasteiger partial charge in [-0.05, 0) is 19.1 Å². The maximum Gasteiger partial charge on any atom is 0.160 e. The standard InChI is InChI=1S/C12H11Cl2FN4/c1-2-16-10-5-11(18-6-17-10)19-7-3-8(13)12(15)9(14)4-7/h3-6H,2H2,1H3,(H2,16,17,18,19). The predicted molar refractivity (Wildman–Crippen MR) is 75.9 cm³/mol. The van der Waals surface area contributed by atoms with Gasteiger partial charge in [0.2, 0.25) is 0 Å². The second kappa shape index (κ2) is 6.04. The number of hydrogen-bond donors (Lipinski definition) is 2. The molecule has 4 nitrogen and oxygen atoms in total. The van der Waals surface area contributed by atoms with Crippen LogP contribution in [0.4, 0.5) is 21.7 Å². The van der Waals surface area contributed by atoms with Crippen LogP contribution >= 0.6 is 23.2 Å². The number of halogens is 3. The van der Waals surface area contributed by atoms with E-state index in [-0.39, 0.29) is 10.0 Å². The maximum atomic E-state index is 13.3. The third-order valence-corrected chi connectivity index (χ3v) is 2.83. The topological polar surface area (TPSA) is 49.8 Å². The molecule has 0 saturated carbocycles. The molecule has 0 bridgehead atoms. The normalized spacial score (nSPS) is 10.3. The summed E-state index contributed by atoms with van der Waals surface area (Å²) in [5, 5.41) is 5.96. The minimum Gasteiger partial charge on any atom is -0.370 e. The van der Waals surface area contributed by atoms with Gasteiger partial charge in [-0.3, -0.25) is 0 Å². The molecule has 7 heteroatoms. The molecule has 0 amide bonds. The second-order valence-corrected chi connectivity index (χ2v) is 4.51. The molecule has 2 N–H and O–H groups in total. The first-order valence-electron chi connectivity index (χ1n) is 5.57. The first kappa shape index (κ1) is 13.8. The molecule has 0 atom stereocenters. The molecule has 0 saturated heterocycles. The van der Waals surface area contributed by atoms with E-state index in [2.05, 4.69) is 20.6 Å². The van der Waals surface area contributed by atoms with Crippen LogP contribution in [0.2, 0.25) is 10.0 Å². The minimum absolute atomic E-state index is 0.0454. The van der Waals surface area contributed by atoms with Crippen LogP contribution in [0.25, 0.3) is 0 Å². The van der Waals surface area contributed by atoms with E-state index >= 15 is 0 Å². The average Bonchev–Trinajstić information content (AvgIpc) is 2.37. The smallest absolute Gasteiger partial charge is 0.160 e. The highest BCUT2D eigenvalue weighted by atomic mass is 35.5. The molecule has 0 spiro atoms. The van der Waals surface area contributed by atoms with Crippen LogP contribution in [0.5, 0.6) is 0 Å². The fourth-order valence-corrected chi connectivity index (χ4v) is 1.97. The van der Waals surface area contributed by atoms with Gasteiger partial charge in [0.25, 0.3) is 0 Å². The van der Waals surface area contributed by atoms with Crippen molar-refractivity contribution in [1.29, 1.82) is 0 Å². The van der Waals surface area contributed by atoms with E-state index in [9.17, 15) is 4.39 Å². The molecular formula is C12H11Cl2FN4. The molecule has 0 aliphatic heterocycles. The Bertz CT molecular complexity index is 569. The Hall–Kier alpha value is -1.59. The van der Waals surface area contributed by atoms with Gasteiger partial charge in [-0.2, -0.15) is 0 Å². The van der Waals surface area contributed by atoms with Crippen molar-refractivity contribution >= 4 is 40.5 Å². The van der Waals surface area contributed by atoms with Gasteiger partial charge < -0.3 is 10.6 Å². The van der Waals surface area contributed by atoms with Crippen molar-refractivity contribution in [3.05, 3.63) is 40.4 Å². The molecule has 0 aliphatic rings. The molecule has 0 aliphatic carbocycles. The molecular weight excluding hydrogens is 290 g/mol. The molecule has 0 radical (unpaired) electrons. The molecule has 1 heterocycles. The zero-order valence-electron chi connectivity index (χ0n) is 10.0. The molecule has 2 aromatic rings.